The lowest BCUT2D eigenvalue weighted by Crippen LogP contribution is -2.60. The van der Waals surface area contributed by atoms with Crippen LogP contribution in [0.15, 0.2) is 60.7 Å². The zero-order valence-electron chi connectivity index (χ0n) is 53.5. The number of carboxylic acid groups (broad SMARTS) is 5. The van der Waals surface area contributed by atoms with E-state index in [0.717, 1.165) is 6.92 Å². The van der Waals surface area contributed by atoms with Gasteiger partial charge in [-0.2, -0.15) is 0 Å². The van der Waals surface area contributed by atoms with Crippen molar-refractivity contribution < 1.29 is 103 Å². The minimum absolute atomic E-state index is 0.0393. The highest BCUT2D eigenvalue weighted by Crippen LogP contribution is 2.18. The normalized spacial score (nSPS) is 15.0. The molecule has 0 aromatic heterocycles. The van der Waals surface area contributed by atoms with Gasteiger partial charge in [0.1, 0.15) is 54.4 Å². The fourth-order valence-electron chi connectivity index (χ4n) is 9.49. The summed E-state index contributed by atoms with van der Waals surface area (Å²) in [6, 6.07) is 1.48. The number of benzene rings is 2. The fraction of sp³-hybridized carbons (Fsp3) is 0.565. The van der Waals surface area contributed by atoms with Gasteiger partial charge in [0.05, 0.1) is 25.0 Å². The third kappa shape index (κ3) is 30.4. The van der Waals surface area contributed by atoms with Crippen molar-refractivity contribution in [1.82, 2.24) is 53.2 Å². The standard InChI is InChI=1S/C62H90N10O21/c1-31(2)24-41(66-60(90)45(29-50(79)80)69-58(88)42(25-32(3)4)67-55(85)39(64-36(9)73)20-22-48(75)76)47(74)26-34(7)53(83)72-52(33(5)6)61(91)70-44(28-38-18-14-11-15-19-38)59(89)68-43(27-37-16-12-10-13-17-37)57(87)63-35(8)54(84)65-40(21-23-49(77)78)56(86)71-46(62(92)93)30-51(81)82/h10-19,31-35,39-47,52,74H,20-30H2,1-9H3,(H,63,87)(H,64,73)(H,65,84)(H,66,90)(H,67,85)(H,68,89)(H,69,88)(H,70,91)(H,71,86)(H,72,83)(H,75,76)(H,77,78)(H,79,80)(H,81,82)(H,92,93)/t34-,35+,39+,40+,41+,42+,43+,44+,45+,46+,47+,52+/m1/s1. The molecule has 0 radical (unpaired) electrons. The van der Waals surface area contributed by atoms with Crippen molar-refractivity contribution in [3.8, 4) is 0 Å². The van der Waals surface area contributed by atoms with Gasteiger partial charge in [0, 0.05) is 38.5 Å². The first-order chi connectivity index (χ1) is 43.5. The molecule has 31 nitrogen and oxygen atoms in total. The largest absolute Gasteiger partial charge is 0.481 e. The average Bonchev–Trinajstić information content (AvgIpc) is 2.65. The molecule has 12 atom stereocenters. The van der Waals surface area contributed by atoms with Crippen LogP contribution >= 0.6 is 0 Å². The van der Waals surface area contributed by atoms with Crippen molar-refractivity contribution in [3.63, 3.8) is 0 Å². The molecule has 0 fully saturated rings. The van der Waals surface area contributed by atoms with Gasteiger partial charge in [-0.15, -0.1) is 0 Å². The molecule has 0 aliphatic heterocycles. The minimum atomic E-state index is -1.96. The van der Waals surface area contributed by atoms with E-state index in [1.807, 2.05) is 5.32 Å². The monoisotopic (exact) mass is 1310 g/mol. The van der Waals surface area contributed by atoms with E-state index in [-0.39, 0.29) is 50.4 Å². The Kier molecular flexibility index (Phi) is 33.9. The van der Waals surface area contributed by atoms with Gasteiger partial charge in [-0.1, -0.05) is 109 Å². The molecule has 2 aromatic carbocycles. The van der Waals surface area contributed by atoms with Crippen LogP contribution in [0.4, 0.5) is 0 Å². The smallest absolute Gasteiger partial charge is 0.326 e. The van der Waals surface area contributed by atoms with Crippen molar-refractivity contribution in [2.75, 3.05) is 0 Å². The maximum atomic E-state index is 14.6. The number of nitrogens with one attached hydrogen (secondary N) is 10. The Balaban J connectivity index is 2.41. The van der Waals surface area contributed by atoms with E-state index in [9.17, 15) is 97.5 Å². The molecule has 93 heavy (non-hydrogen) atoms. The maximum absolute atomic E-state index is 14.6. The van der Waals surface area contributed by atoms with Crippen LogP contribution in [0.25, 0.3) is 0 Å². The van der Waals surface area contributed by atoms with Crippen LogP contribution in [0.2, 0.25) is 0 Å². The number of aliphatic hydroxyl groups excluding tert-OH is 1. The summed E-state index contributed by atoms with van der Waals surface area (Å²) in [6.07, 6.45) is -6.33. The first-order valence-corrected chi connectivity index (χ1v) is 30.3. The van der Waals surface area contributed by atoms with Gasteiger partial charge in [0.25, 0.3) is 0 Å². The van der Waals surface area contributed by atoms with Crippen LogP contribution in [0.1, 0.15) is 131 Å². The summed E-state index contributed by atoms with van der Waals surface area (Å²) in [5.41, 5.74) is 1.07. The number of hydrogen-bond acceptors (Lipinski definition) is 16. The Morgan fingerprint density at radius 1 is 0.376 bits per heavy atom. The number of carbonyl (C=O) groups excluding carboxylic acids is 10. The van der Waals surface area contributed by atoms with Crippen LogP contribution in [0.5, 0.6) is 0 Å². The molecule has 0 heterocycles. The number of hydrogen-bond donors (Lipinski definition) is 16. The van der Waals surface area contributed by atoms with E-state index < -0.39 is 199 Å². The van der Waals surface area contributed by atoms with Gasteiger partial charge in [-0.3, -0.25) is 67.1 Å². The second kappa shape index (κ2) is 39.7. The summed E-state index contributed by atoms with van der Waals surface area (Å²) in [4.78, 5) is 195. The van der Waals surface area contributed by atoms with Crippen molar-refractivity contribution in [3.05, 3.63) is 71.8 Å². The number of rotatable bonds is 42. The molecule has 2 aromatic rings. The van der Waals surface area contributed by atoms with Crippen LogP contribution < -0.4 is 53.2 Å². The third-order valence-corrected chi connectivity index (χ3v) is 14.4. The molecule has 2 rings (SSSR count). The van der Waals surface area contributed by atoms with Crippen molar-refractivity contribution in [1.29, 1.82) is 0 Å². The van der Waals surface area contributed by atoms with E-state index in [2.05, 4.69) is 47.9 Å². The Morgan fingerprint density at radius 3 is 1.20 bits per heavy atom. The van der Waals surface area contributed by atoms with E-state index in [1.165, 1.54) is 13.8 Å². The highest BCUT2D eigenvalue weighted by atomic mass is 16.4. The molecular weight excluding hydrogens is 1220 g/mol. The lowest BCUT2D eigenvalue weighted by molar-refractivity contribution is -0.147. The van der Waals surface area contributed by atoms with Gasteiger partial charge in [-0.05, 0) is 67.9 Å². The molecule has 10 amide bonds. The summed E-state index contributed by atoms with van der Waals surface area (Å²) < 4.78 is 0. The quantitative estimate of drug-likeness (QED) is 0.0389. The summed E-state index contributed by atoms with van der Waals surface area (Å²) in [5.74, 6) is -19.1. The summed E-state index contributed by atoms with van der Waals surface area (Å²) in [5, 5.41) is 83.1. The molecule has 0 saturated heterocycles. The van der Waals surface area contributed by atoms with E-state index >= 15 is 0 Å². The second-order valence-corrected chi connectivity index (χ2v) is 23.9. The van der Waals surface area contributed by atoms with Crippen molar-refractivity contribution in [2.24, 2.45) is 23.7 Å². The van der Waals surface area contributed by atoms with Crippen molar-refractivity contribution in [2.45, 2.75) is 199 Å². The molecule has 0 aliphatic carbocycles. The number of amides is 10. The van der Waals surface area contributed by atoms with Gasteiger partial charge in [0.2, 0.25) is 59.1 Å². The molecule has 31 heteroatoms. The van der Waals surface area contributed by atoms with Crippen LogP contribution in [0.3, 0.4) is 0 Å². The predicted octanol–water partition coefficient (Wildman–Crippen LogP) is -0.742. The van der Waals surface area contributed by atoms with Gasteiger partial charge in [0.15, 0.2) is 0 Å². The zero-order chi connectivity index (χ0) is 70.4. The zero-order valence-corrected chi connectivity index (χ0v) is 53.5. The number of carbonyl (C=O) groups is 15. The number of carboxylic acids is 5. The summed E-state index contributed by atoms with van der Waals surface area (Å²) in [6.45, 7) is 13.9. The first-order valence-electron chi connectivity index (χ1n) is 30.3. The molecule has 16 N–H and O–H groups in total. The Labute approximate surface area is 537 Å². The molecule has 0 unspecified atom stereocenters. The molecule has 0 spiro atoms. The van der Waals surface area contributed by atoms with Crippen LogP contribution in [-0.2, 0) is 84.8 Å². The Hall–Kier alpha value is -9.55. The number of aliphatic hydroxyl groups is 1. The first kappa shape index (κ1) is 79.5. The van der Waals surface area contributed by atoms with Crippen molar-refractivity contribution >= 4 is 88.9 Å². The lowest BCUT2D eigenvalue weighted by atomic mass is 9.91. The SMILES string of the molecule is CC(=O)N[C@@H](CCC(=O)O)C(=O)N[C@@H](CC(C)C)C(=O)N[C@@H](CC(=O)O)C(=O)N[C@@H](CC(C)C)[C@@H](O)C[C@@H](C)C(=O)N[C@H](C(=O)N[C@@H](Cc1ccccc1)C(=O)N[C@@H](Cc1ccccc1)C(=O)N[C@@H](C)C(=O)N[C@@H](CCC(=O)O)C(=O)N[C@@H](CC(=O)O)C(=O)O)C(C)C. The summed E-state index contributed by atoms with van der Waals surface area (Å²) in [7, 11) is 0. The average molecular weight is 1310 g/mol. The molecule has 514 valence electrons. The van der Waals surface area contributed by atoms with Gasteiger partial charge >= 0.3 is 29.8 Å². The third-order valence-electron chi connectivity index (χ3n) is 14.4. The van der Waals surface area contributed by atoms with Gasteiger partial charge < -0.3 is 83.8 Å². The molecule has 0 saturated carbocycles. The van der Waals surface area contributed by atoms with E-state index in [4.69, 9.17) is 5.11 Å². The topological polar surface area (TPSA) is 498 Å². The highest BCUT2D eigenvalue weighted by Gasteiger charge is 2.37. The Morgan fingerprint density at radius 2 is 0.763 bits per heavy atom. The molecule has 0 aliphatic rings. The minimum Gasteiger partial charge on any atom is -0.481 e. The second-order valence-electron chi connectivity index (χ2n) is 23.9. The Bertz CT molecular complexity index is 2930. The van der Waals surface area contributed by atoms with Crippen LogP contribution in [-0.4, -0.2) is 186 Å². The van der Waals surface area contributed by atoms with E-state index in [1.54, 1.807) is 102 Å². The van der Waals surface area contributed by atoms with E-state index in [0.29, 0.717) is 11.1 Å². The summed E-state index contributed by atoms with van der Waals surface area (Å²) >= 11 is 0. The van der Waals surface area contributed by atoms with Crippen LogP contribution in [0, 0.1) is 23.7 Å². The number of aliphatic carboxylic acids is 5. The lowest BCUT2D eigenvalue weighted by Gasteiger charge is -2.31. The predicted molar refractivity (Wildman–Crippen MR) is 330 cm³/mol. The maximum Gasteiger partial charge on any atom is 0.326 e. The highest BCUT2D eigenvalue weighted by molar-refractivity contribution is 5.98. The fourth-order valence-corrected chi connectivity index (χ4v) is 9.49. The molecule has 0 bridgehead atoms. The molecular formula is C62H90N10O21. The van der Waals surface area contributed by atoms with Gasteiger partial charge in [-0.25, -0.2) is 4.79 Å².